The minimum Gasteiger partial charge on any atom is -0.389 e. The van der Waals surface area contributed by atoms with Crippen LogP contribution >= 0.6 is 0 Å². The van der Waals surface area contributed by atoms with Crippen molar-refractivity contribution in [2.24, 2.45) is 0 Å². The van der Waals surface area contributed by atoms with Gasteiger partial charge in [0, 0.05) is 6.54 Å². The zero-order chi connectivity index (χ0) is 9.99. The molecule has 0 aliphatic rings. The zero-order valence-corrected chi connectivity index (χ0v) is 7.44. The van der Waals surface area contributed by atoms with Gasteiger partial charge in [-0.3, -0.25) is 4.90 Å². The molecule has 74 valence electrons. The smallest absolute Gasteiger partial charge is 0.389 e. The van der Waals surface area contributed by atoms with Crippen LogP contribution in [0.1, 0.15) is 13.8 Å². The Morgan fingerprint density at radius 3 is 1.83 bits per heavy atom. The van der Waals surface area contributed by atoms with Crippen molar-refractivity contribution in [3.05, 3.63) is 0 Å². The molecule has 0 spiro atoms. The van der Waals surface area contributed by atoms with Gasteiger partial charge in [0.2, 0.25) is 0 Å². The third-order valence-corrected chi connectivity index (χ3v) is 1.11. The molecule has 0 saturated heterocycles. The van der Waals surface area contributed by atoms with Crippen LogP contribution in [-0.4, -0.2) is 41.9 Å². The average Bonchev–Trinajstić information content (AvgIpc) is 1.49. The number of hydrogen-bond acceptors (Lipinski definition) is 2. The van der Waals surface area contributed by atoms with Gasteiger partial charge in [-0.1, -0.05) is 0 Å². The molecule has 5 heteroatoms. The Morgan fingerprint density at radius 2 is 1.58 bits per heavy atom. The Bertz CT molecular complexity index is 123. The Kier molecular flexibility index (Phi) is 3.53. The summed E-state index contributed by atoms with van der Waals surface area (Å²) in [5.74, 6) is 0. The lowest BCUT2D eigenvalue weighted by Gasteiger charge is -2.25. The summed E-state index contributed by atoms with van der Waals surface area (Å²) in [6.07, 6.45) is -4.19. The van der Waals surface area contributed by atoms with Crippen molar-refractivity contribution >= 4 is 0 Å². The fourth-order valence-electron chi connectivity index (χ4n) is 1.02. The van der Waals surface area contributed by atoms with E-state index in [0.29, 0.717) is 0 Å². The van der Waals surface area contributed by atoms with E-state index in [4.69, 9.17) is 0 Å². The quantitative estimate of drug-likeness (QED) is 0.715. The fourth-order valence-corrected chi connectivity index (χ4v) is 1.02. The van der Waals surface area contributed by atoms with Crippen LogP contribution in [0.2, 0.25) is 0 Å². The molecule has 0 fully saturated rings. The fraction of sp³-hybridized carbons (Fsp3) is 1.00. The van der Waals surface area contributed by atoms with Gasteiger partial charge in [-0.25, -0.2) is 0 Å². The molecule has 0 atom stereocenters. The molecule has 0 aromatic heterocycles. The molecule has 0 amide bonds. The number of rotatable bonds is 3. The summed E-state index contributed by atoms with van der Waals surface area (Å²) >= 11 is 0. The van der Waals surface area contributed by atoms with E-state index in [9.17, 15) is 18.3 Å². The molecule has 0 aromatic rings. The van der Waals surface area contributed by atoms with Gasteiger partial charge < -0.3 is 5.11 Å². The first-order chi connectivity index (χ1) is 5.10. The van der Waals surface area contributed by atoms with Crippen molar-refractivity contribution in [2.45, 2.75) is 25.6 Å². The third-order valence-electron chi connectivity index (χ3n) is 1.11. The van der Waals surface area contributed by atoms with E-state index in [2.05, 4.69) is 0 Å². The molecule has 0 unspecified atom stereocenters. The molecule has 12 heavy (non-hydrogen) atoms. The number of halogens is 3. The number of alkyl halides is 3. The predicted molar refractivity (Wildman–Crippen MR) is 39.8 cm³/mol. The molecule has 0 aromatic carbocycles. The highest BCUT2D eigenvalue weighted by atomic mass is 19.4. The Morgan fingerprint density at radius 1 is 1.17 bits per heavy atom. The topological polar surface area (TPSA) is 23.5 Å². The lowest BCUT2D eigenvalue weighted by Crippen LogP contribution is -2.40. The van der Waals surface area contributed by atoms with Crippen molar-refractivity contribution in [1.82, 2.24) is 4.90 Å². The van der Waals surface area contributed by atoms with Gasteiger partial charge in [0.05, 0.1) is 12.1 Å². The number of nitrogens with zero attached hydrogens (tertiary/aromatic N) is 1. The third kappa shape index (κ3) is 7.81. The molecule has 0 aliphatic carbocycles. The number of aliphatic hydroxyl groups is 1. The van der Waals surface area contributed by atoms with E-state index in [0.717, 1.165) is 4.90 Å². The molecule has 0 heterocycles. The Balaban J connectivity index is 3.83. The van der Waals surface area contributed by atoms with Gasteiger partial charge in [-0.15, -0.1) is 0 Å². The summed E-state index contributed by atoms with van der Waals surface area (Å²) in [5.41, 5.74) is -1.08. The second kappa shape index (κ2) is 3.62. The second-order valence-electron chi connectivity index (χ2n) is 3.60. The largest absolute Gasteiger partial charge is 0.401 e. The van der Waals surface area contributed by atoms with Crippen LogP contribution in [0.25, 0.3) is 0 Å². The van der Waals surface area contributed by atoms with Gasteiger partial charge >= 0.3 is 6.18 Å². The molecule has 2 nitrogen and oxygen atoms in total. The van der Waals surface area contributed by atoms with Gasteiger partial charge in [0.15, 0.2) is 0 Å². The van der Waals surface area contributed by atoms with Gasteiger partial charge in [-0.2, -0.15) is 13.2 Å². The van der Waals surface area contributed by atoms with Crippen LogP contribution < -0.4 is 0 Å². The summed E-state index contributed by atoms with van der Waals surface area (Å²) in [6, 6.07) is 0. The molecular weight excluding hydrogens is 171 g/mol. The van der Waals surface area contributed by atoms with E-state index < -0.39 is 18.3 Å². The van der Waals surface area contributed by atoms with Gasteiger partial charge in [0.1, 0.15) is 0 Å². The molecule has 0 radical (unpaired) electrons. The van der Waals surface area contributed by atoms with Crippen LogP contribution in [0, 0.1) is 0 Å². The highest BCUT2D eigenvalue weighted by Crippen LogP contribution is 2.16. The summed E-state index contributed by atoms with van der Waals surface area (Å²) in [4.78, 5) is 1.04. The maximum Gasteiger partial charge on any atom is 0.401 e. The summed E-state index contributed by atoms with van der Waals surface area (Å²) in [7, 11) is 1.32. The lowest BCUT2D eigenvalue weighted by molar-refractivity contribution is -0.147. The van der Waals surface area contributed by atoms with Crippen molar-refractivity contribution in [3.8, 4) is 0 Å². The van der Waals surface area contributed by atoms with Crippen molar-refractivity contribution in [1.29, 1.82) is 0 Å². The first-order valence-corrected chi connectivity index (χ1v) is 3.58. The van der Waals surface area contributed by atoms with Crippen molar-refractivity contribution in [2.75, 3.05) is 20.1 Å². The first-order valence-electron chi connectivity index (χ1n) is 3.58. The van der Waals surface area contributed by atoms with E-state index in [1.165, 1.54) is 20.9 Å². The number of likely N-dealkylation sites (N-methyl/N-ethyl adjacent to an activating group) is 1. The standard InChI is InChI=1S/C7H14F3NO/c1-6(2,12)4-11(3)5-7(8,9)10/h12H,4-5H2,1-3H3. The molecule has 0 rings (SSSR count). The van der Waals surface area contributed by atoms with Gasteiger partial charge in [-0.05, 0) is 20.9 Å². The van der Waals surface area contributed by atoms with Crippen LogP contribution in [0.5, 0.6) is 0 Å². The normalized spacial score (nSPS) is 14.0. The average molecular weight is 185 g/mol. The maximum atomic E-state index is 11.8. The summed E-state index contributed by atoms with van der Waals surface area (Å²) < 4.78 is 35.3. The zero-order valence-electron chi connectivity index (χ0n) is 7.44. The van der Waals surface area contributed by atoms with Crippen LogP contribution in [-0.2, 0) is 0 Å². The van der Waals surface area contributed by atoms with E-state index in [1.807, 2.05) is 0 Å². The summed E-state index contributed by atoms with van der Waals surface area (Å²) in [6.45, 7) is 1.96. The monoisotopic (exact) mass is 185 g/mol. The van der Waals surface area contributed by atoms with Crippen molar-refractivity contribution in [3.63, 3.8) is 0 Å². The second-order valence-corrected chi connectivity index (χ2v) is 3.60. The van der Waals surface area contributed by atoms with Crippen LogP contribution in [0.4, 0.5) is 13.2 Å². The Hall–Kier alpha value is -0.290. The minimum absolute atomic E-state index is 0.00646. The van der Waals surface area contributed by atoms with Crippen LogP contribution in [0.3, 0.4) is 0 Å². The van der Waals surface area contributed by atoms with E-state index >= 15 is 0 Å². The molecular formula is C7H14F3NO. The highest BCUT2D eigenvalue weighted by molar-refractivity contribution is 4.71. The highest BCUT2D eigenvalue weighted by Gasteiger charge is 2.30. The van der Waals surface area contributed by atoms with E-state index in [1.54, 1.807) is 0 Å². The molecule has 0 saturated carbocycles. The molecule has 1 N–H and O–H groups in total. The summed E-state index contributed by atoms with van der Waals surface area (Å²) in [5, 5.41) is 9.18. The molecule has 0 aliphatic heterocycles. The molecule has 0 bridgehead atoms. The minimum atomic E-state index is -4.19. The van der Waals surface area contributed by atoms with Crippen LogP contribution in [0.15, 0.2) is 0 Å². The lowest BCUT2D eigenvalue weighted by atomic mass is 10.1. The Labute approximate surface area is 70.0 Å². The van der Waals surface area contributed by atoms with Crippen molar-refractivity contribution < 1.29 is 18.3 Å². The van der Waals surface area contributed by atoms with Gasteiger partial charge in [0.25, 0.3) is 0 Å². The number of hydrogen-bond donors (Lipinski definition) is 1. The SMILES string of the molecule is CN(CC(C)(C)O)CC(F)(F)F. The first kappa shape index (κ1) is 11.7. The van der Waals surface area contributed by atoms with E-state index in [-0.39, 0.29) is 6.54 Å². The maximum absolute atomic E-state index is 11.8. The predicted octanol–water partition coefficient (Wildman–Crippen LogP) is 1.25.